The summed E-state index contributed by atoms with van der Waals surface area (Å²) in [6.45, 7) is 3.13. The number of aliphatic hydroxyl groups excluding tert-OH is 1. The van der Waals surface area contributed by atoms with Gasteiger partial charge in [0.1, 0.15) is 0 Å². The Morgan fingerprint density at radius 3 is 2.79 bits per heavy atom. The average molecular weight is 303 g/mol. The third kappa shape index (κ3) is 2.97. The van der Waals surface area contributed by atoms with Crippen LogP contribution >= 0.6 is 23.5 Å². The standard InChI is InChI=1S/C15H26O2S2/c1-2-12-14(19-9-8-18-12)13(16)11-4-7-17-15(10-11)5-3-6-15/h11-14,16H,2-10H2,1H3. The predicted molar refractivity (Wildman–Crippen MR) is 84.0 cm³/mol. The SMILES string of the molecule is CCC1SCCSC1C(O)C1CCOC2(CCC2)C1. The van der Waals surface area contributed by atoms with Gasteiger partial charge >= 0.3 is 0 Å². The average Bonchev–Trinajstić information content (AvgIpc) is 2.45. The molecule has 4 atom stereocenters. The molecule has 3 rings (SSSR count). The van der Waals surface area contributed by atoms with Crippen LogP contribution < -0.4 is 0 Å². The topological polar surface area (TPSA) is 29.5 Å². The van der Waals surface area contributed by atoms with Crippen LogP contribution in [0, 0.1) is 5.92 Å². The second kappa shape index (κ2) is 6.17. The maximum atomic E-state index is 10.9. The zero-order chi connectivity index (χ0) is 13.3. The first-order valence-corrected chi connectivity index (χ1v) is 9.89. The molecule has 110 valence electrons. The summed E-state index contributed by atoms with van der Waals surface area (Å²) in [5.41, 5.74) is 0.165. The fourth-order valence-corrected chi connectivity index (χ4v) is 7.03. The molecule has 0 radical (unpaired) electrons. The number of aliphatic hydroxyl groups is 1. The monoisotopic (exact) mass is 302 g/mol. The highest BCUT2D eigenvalue weighted by molar-refractivity contribution is 8.07. The van der Waals surface area contributed by atoms with Crippen LogP contribution in [0.5, 0.6) is 0 Å². The minimum atomic E-state index is -0.121. The molecule has 2 heterocycles. The van der Waals surface area contributed by atoms with E-state index in [0.29, 0.717) is 16.4 Å². The Morgan fingerprint density at radius 2 is 2.11 bits per heavy atom. The Bertz CT molecular complexity index is 307. The number of hydrogen-bond acceptors (Lipinski definition) is 4. The van der Waals surface area contributed by atoms with E-state index in [1.54, 1.807) is 0 Å². The lowest BCUT2D eigenvalue weighted by molar-refractivity contribution is -0.156. The van der Waals surface area contributed by atoms with Gasteiger partial charge in [0.2, 0.25) is 0 Å². The summed E-state index contributed by atoms with van der Waals surface area (Å²) >= 11 is 4.08. The molecule has 19 heavy (non-hydrogen) atoms. The van der Waals surface area contributed by atoms with E-state index in [-0.39, 0.29) is 11.7 Å². The third-order valence-electron chi connectivity index (χ3n) is 5.11. The predicted octanol–water partition coefficient (Wildman–Crippen LogP) is 3.32. The van der Waals surface area contributed by atoms with Crippen molar-refractivity contribution >= 4 is 23.5 Å². The highest BCUT2D eigenvalue weighted by atomic mass is 32.2. The van der Waals surface area contributed by atoms with Crippen LogP contribution in [0.25, 0.3) is 0 Å². The summed E-state index contributed by atoms with van der Waals surface area (Å²) in [5.74, 6) is 2.93. The summed E-state index contributed by atoms with van der Waals surface area (Å²) in [5, 5.41) is 12.0. The summed E-state index contributed by atoms with van der Waals surface area (Å²) in [4.78, 5) is 0. The van der Waals surface area contributed by atoms with E-state index in [2.05, 4.69) is 18.7 Å². The molecule has 0 amide bonds. The molecular formula is C15H26O2S2. The number of rotatable bonds is 3. The molecule has 0 aromatic rings. The maximum absolute atomic E-state index is 10.9. The molecule has 3 aliphatic rings. The first-order chi connectivity index (χ1) is 9.24. The van der Waals surface area contributed by atoms with Crippen molar-refractivity contribution in [3.05, 3.63) is 0 Å². The Morgan fingerprint density at radius 1 is 1.32 bits per heavy atom. The normalized spacial score (nSPS) is 39.8. The largest absolute Gasteiger partial charge is 0.392 e. The van der Waals surface area contributed by atoms with Crippen molar-refractivity contribution in [2.75, 3.05) is 18.1 Å². The van der Waals surface area contributed by atoms with Crippen LogP contribution in [-0.2, 0) is 4.74 Å². The van der Waals surface area contributed by atoms with Gasteiger partial charge in [-0.1, -0.05) is 6.92 Å². The van der Waals surface area contributed by atoms with Gasteiger partial charge in [-0.15, -0.1) is 0 Å². The van der Waals surface area contributed by atoms with Crippen molar-refractivity contribution in [2.24, 2.45) is 5.92 Å². The highest BCUT2D eigenvalue weighted by Gasteiger charge is 2.46. The molecule has 4 heteroatoms. The minimum absolute atomic E-state index is 0.121. The molecule has 1 saturated carbocycles. The van der Waals surface area contributed by atoms with Crippen LogP contribution in [0.3, 0.4) is 0 Å². The summed E-state index contributed by atoms with van der Waals surface area (Å²) in [7, 11) is 0. The van der Waals surface area contributed by atoms with Crippen molar-refractivity contribution in [2.45, 2.75) is 67.7 Å². The van der Waals surface area contributed by atoms with E-state index in [0.717, 1.165) is 19.4 Å². The smallest absolute Gasteiger partial charge is 0.0699 e. The fourth-order valence-electron chi connectivity index (χ4n) is 3.80. The molecule has 4 unspecified atom stereocenters. The van der Waals surface area contributed by atoms with E-state index < -0.39 is 0 Å². The van der Waals surface area contributed by atoms with Crippen molar-refractivity contribution < 1.29 is 9.84 Å². The highest BCUT2D eigenvalue weighted by Crippen LogP contribution is 2.47. The molecular weight excluding hydrogens is 276 g/mol. The van der Waals surface area contributed by atoms with E-state index in [4.69, 9.17) is 4.74 Å². The molecule has 0 aromatic heterocycles. The van der Waals surface area contributed by atoms with Crippen LogP contribution in [0.1, 0.15) is 45.4 Å². The lowest BCUT2D eigenvalue weighted by atomic mass is 9.70. The maximum Gasteiger partial charge on any atom is 0.0699 e. The van der Waals surface area contributed by atoms with Crippen LogP contribution in [0.2, 0.25) is 0 Å². The van der Waals surface area contributed by atoms with E-state index in [9.17, 15) is 5.11 Å². The van der Waals surface area contributed by atoms with E-state index >= 15 is 0 Å². The number of ether oxygens (including phenoxy) is 1. The molecule has 2 aliphatic heterocycles. The molecule has 0 aromatic carbocycles. The van der Waals surface area contributed by atoms with Crippen molar-refractivity contribution in [3.63, 3.8) is 0 Å². The van der Waals surface area contributed by atoms with E-state index in [1.807, 2.05) is 11.8 Å². The van der Waals surface area contributed by atoms with Crippen LogP contribution in [0.4, 0.5) is 0 Å². The van der Waals surface area contributed by atoms with Gasteiger partial charge in [0, 0.05) is 28.6 Å². The lowest BCUT2D eigenvalue weighted by Gasteiger charge is -2.49. The molecule has 1 N–H and O–H groups in total. The van der Waals surface area contributed by atoms with E-state index in [1.165, 1.54) is 37.2 Å². The van der Waals surface area contributed by atoms with Gasteiger partial charge in [-0.2, -0.15) is 23.5 Å². The van der Waals surface area contributed by atoms with Gasteiger partial charge in [-0.05, 0) is 44.4 Å². The third-order valence-corrected chi connectivity index (χ3v) is 8.47. The quantitative estimate of drug-likeness (QED) is 0.866. The first kappa shape index (κ1) is 14.6. The van der Waals surface area contributed by atoms with Crippen molar-refractivity contribution in [1.82, 2.24) is 0 Å². The minimum Gasteiger partial charge on any atom is -0.392 e. The van der Waals surface area contributed by atoms with Gasteiger partial charge < -0.3 is 9.84 Å². The Hall–Kier alpha value is 0.620. The molecule has 2 nitrogen and oxygen atoms in total. The molecule has 1 spiro atoms. The van der Waals surface area contributed by atoms with Crippen molar-refractivity contribution in [1.29, 1.82) is 0 Å². The zero-order valence-corrected chi connectivity index (χ0v) is 13.5. The summed E-state index contributed by atoms with van der Waals surface area (Å²) in [6.07, 6.45) is 6.99. The van der Waals surface area contributed by atoms with Crippen LogP contribution in [-0.4, -0.2) is 45.4 Å². The summed E-state index contributed by atoms with van der Waals surface area (Å²) in [6, 6.07) is 0. The van der Waals surface area contributed by atoms with Gasteiger partial charge in [0.15, 0.2) is 0 Å². The lowest BCUT2D eigenvalue weighted by Crippen LogP contribution is -2.50. The second-order valence-corrected chi connectivity index (χ2v) is 8.91. The summed E-state index contributed by atoms with van der Waals surface area (Å²) < 4.78 is 6.00. The van der Waals surface area contributed by atoms with Gasteiger partial charge in [0.05, 0.1) is 11.7 Å². The second-order valence-electron chi connectivity index (χ2n) is 6.28. The van der Waals surface area contributed by atoms with Crippen LogP contribution in [0.15, 0.2) is 0 Å². The number of hydrogen-bond donors (Lipinski definition) is 1. The molecule has 3 fully saturated rings. The van der Waals surface area contributed by atoms with Crippen molar-refractivity contribution in [3.8, 4) is 0 Å². The Balaban J connectivity index is 1.63. The fraction of sp³-hybridized carbons (Fsp3) is 1.00. The molecule has 0 bridgehead atoms. The Labute approximate surface area is 125 Å². The number of thioether (sulfide) groups is 2. The zero-order valence-electron chi connectivity index (χ0n) is 11.8. The van der Waals surface area contributed by atoms with Gasteiger partial charge in [-0.25, -0.2) is 0 Å². The Kier molecular flexibility index (Phi) is 4.72. The van der Waals surface area contributed by atoms with Gasteiger partial charge in [0.25, 0.3) is 0 Å². The molecule has 1 aliphatic carbocycles. The van der Waals surface area contributed by atoms with Gasteiger partial charge in [-0.3, -0.25) is 0 Å². The molecule has 2 saturated heterocycles. The first-order valence-electron chi connectivity index (χ1n) is 7.79.